The molecule has 214 valence electrons. The van der Waals surface area contributed by atoms with E-state index >= 15 is 0 Å². The average molecular weight is 598 g/mol. The third kappa shape index (κ3) is 4.26. The first-order chi connectivity index (χ1) is 22.1. The number of nitrogens with zero attached hydrogens (tertiary/aromatic N) is 3. The van der Waals surface area contributed by atoms with Crippen LogP contribution in [-0.2, 0) is 4.57 Å². The van der Waals surface area contributed by atoms with Gasteiger partial charge in [-0.2, -0.15) is 0 Å². The largest absolute Gasteiger partial charge is 0.309 e. The van der Waals surface area contributed by atoms with Gasteiger partial charge in [-0.3, -0.25) is 0 Å². The SMILES string of the molecule is C=C/C=C(\C=C)P(=O)(c1ccccc1)c1ccc(-c2ccc(-c3nc4cc5c(cn4n3)c3cccc4cccc5c43)cc2)cc1. The summed E-state index contributed by atoms with van der Waals surface area (Å²) in [6, 6.07) is 40.9. The molecule has 1 atom stereocenters. The molecule has 2 heterocycles. The molecule has 1 unspecified atom stereocenters. The summed E-state index contributed by atoms with van der Waals surface area (Å²) in [5.74, 6) is 0.682. The van der Waals surface area contributed by atoms with Gasteiger partial charge in [0.25, 0.3) is 0 Å². The van der Waals surface area contributed by atoms with Crippen LogP contribution < -0.4 is 10.6 Å². The fraction of sp³-hybridized carbons (Fsp3) is 0. The van der Waals surface area contributed by atoms with E-state index in [1.807, 2.05) is 59.1 Å². The minimum absolute atomic E-state index is 0.659. The maximum Gasteiger partial charge on any atom is 0.182 e. The lowest BCUT2D eigenvalue weighted by Crippen LogP contribution is -2.17. The van der Waals surface area contributed by atoms with E-state index in [4.69, 9.17) is 10.1 Å². The van der Waals surface area contributed by atoms with Gasteiger partial charge in [0.05, 0.1) is 0 Å². The highest BCUT2D eigenvalue weighted by Crippen LogP contribution is 2.52. The van der Waals surface area contributed by atoms with Crippen molar-refractivity contribution in [1.29, 1.82) is 0 Å². The van der Waals surface area contributed by atoms with Crippen LogP contribution in [0, 0.1) is 0 Å². The molecule has 0 N–H and O–H groups in total. The van der Waals surface area contributed by atoms with Gasteiger partial charge in [-0.05, 0) is 44.1 Å². The number of fused-ring (bicyclic) bond motifs is 4. The second-order valence-corrected chi connectivity index (χ2v) is 13.9. The first kappa shape index (κ1) is 27.0. The van der Waals surface area contributed by atoms with Crippen LogP contribution in [0.4, 0.5) is 0 Å². The highest BCUT2D eigenvalue weighted by Gasteiger charge is 2.30. The van der Waals surface area contributed by atoms with E-state index in [9.17, 15) is 4.57 Å². The Morgan fingerprint density at radius 2 is 1.29 bits per heavy atom. The summed E-state index contributed by atoms with van der Waals surface area (Å²) in [6.07, 6.45) is 7.21. The van der Waals surface area contributed by atoms with Crippen molar-refractivity contribution in [2.75, 3.05) is 0 Å². The van der Waals surface area contributed by atoms with Crippen molar-refractivity contribution in [3.63, 3.8) is 0 Å². The molecular weight excluding hydrogens is 569 g/mol. The second kappa shape index (κ2) is 10.6. The third-order valence-electron chi connectivity index (χ3n) is 8.65. The van der Waals surface area contributed by atoms with E-state index in [1.54, 1.807) is 18.2 Å². The predicted octanol–water partition coefficient (Wildman–Crippen LogP) is 9.53. The van der Waals surface area contributed by atoms with E-state index in [0.717, 1.165) is 32.9 Å². The minimum atomic E-state index is -3.11. The van der Waals surface area contributed by atoms with Crippen LogP contribution in [0.15, 0.2) is 164 Å². The zero-order valence-corrected chi connectivity index (χ0v) is 25.4. The van der Waals surface area contributed by atoms with Gasteiger partial charge in [0.15, 0.2) is 18.6 Å². The molecule has 0 bridgehead atoms. The molecule has 8 aromatic rings. The molecule has 6 aromatic carbocycles. The molecular formula is C40H28N3OP. The number of rotatable bonds is 7. The van der Waals surface area contributed by atoms with Gasteiger partial charge in [0.1, 0.15) is 0 Å². The standard InChI is InChI=1S/C40H28N3OP/c1-3-10-31(4-2)45(44,32-13-6-5-7-14-32)33-23-21-28(22-24-33)27-17-19-30(20-18-27)40-41-38-25-36-34-15-8-11-29-12-9-16-35(39(29)34)37(36)26-43(38)42-40/h3-26H,1-2H2/b31-10+. The molecule has 0 radical (unpaired) electrons. The maximum absolute atomic E-state index is 14.6. The summed E-state index contributed by atoms with van der Waals surface area (Å²) in [5.41, 5.74) is 3.85. The molecule has 0 saturated heterocycles. The maximum atomic E-state index is 14.6. The van der Waals surface area contributed by atoms with Crippen molar-refractivity contribution >= 4 is 55.7 Å². The van der Waals surface area contributed by atoms with E-state index in [0.29, 0.717) is 11.1 Å². The normalized spacial score (nSPS) is 13.5. The van der Waals surface area contributed by atoms with E-state index in [-0.39, 0.29) is 0 Å². The minimum Gasteiger partial charge on any atom is -0.309 e. The van der Waals surface area contributed by atoms with Crippen LogP contribution in [0.1, 0.15) is 0 Å². The third-order valence-corrected chi connectivity index (χ3v) is 11.8. The van der Waals surface area contributed by atoms with Crippen molar-refractivity contribution in [1.82, 2.24) is 14.6 Å². The number of hydrogen-bond acceptors (Lipinski definition) is 3. The fourth-order valence-electron chi connectivity index (χ4n) is 6.46. The number of pyridine rings is 1. The summed E-state index contributed by atoms with van der Waals surface area (Å²) in [6.45, 7) is 7.76. The van der Waals surface area contributed by atoms with Gasteiger partial charge in [-0.15, -0.1) is 5.10 Å². The lowest BCUT2D eigenvalue weighted by Gasteiger charge is -2.21. The van der Waals surface area contributed by atoms with Crippen LogP contribution >= 0.6 is 7.14 Å². The van der Waals surface area contributed by atoms with Crippen molar-refractivity contribution in [2.45, 2.75) is 0 Å². The fourth-order valence-corrected chi connectivity index (χ4v) is 9.09. The topological polar surface area (TPSA) is 47.3 Å². The molecule has 0 fully saturated rings. The van der Waals surface area contributed by atoms with Crippen LogP contribution in [0.25, 0.3) is 60.5 Å². The van der Waals surface area contributed by atoms with Crippen LogP contribution in [0.5, 0.6) is 0 Å². The van der Waals surface area contributed by atoms with E-state index in [1.165, 1.54) is 32.3 Å². The highest BCUT2D eigenvalue weighted by atomic mass is 31.2. The van der Waals surface area contributed by atoms with Gasteiger partial charge in [-0.1, -0.05) is 147 Å². The Balaban J connectivity index is 1.13. The molecule has 0 saturated carbocycles. The van der Waals surface area contributed by atoms with Gasteiger partial charge in [0, 0.05) is 33.1 Å². The van der Waals surface area contributed by atoms with Crippen LogP contribution in [0.3, 0.4) is 0 Å². The van der Waals surface area contributed by atoms with Gasteiger partial charge >= 0.3 is 0 Å². The second-order valence-electron chi connectivity index (χ2n) is 11.1. The van der Waals surface area contributed by atoms with Crippen LogP contribution in [0.2, 0.25) is 0 Å². The molecule has 4 nitrogen and oxygen atoms in total. The van der Waals surface area contributed by atoms with Crippen molar-refractivity contribution in [3.05, 3.63) is 164 Å². The molecule has 0 amide bonds. The zero-order chi connectivity index (χ0) is 30.5. The molecule has 8 rings (SSSR count). The smallest absolute Gasteiger partial charge is 0.182 e. The molecule has 0 spiro atoms. The molecule has 0 aliphatic heterocycles. The summed E-state index contributed by atoms with van der Waals surface area (Å²) in [5, 5.41) is 14.4. The molecule has 45 heavy (non-hydrogen) atoms. The van der Waals surface area contributed by atoms with Gasteiger partial charge in [0.2, 0.25) is 0 Å². The van der Waals surface area contributed by atoms with E-state index < -0.39 is 7.14 Å². The van der Waals surface area contributed by atoms with Crippen LogP contribution in [-0.4, -0.2) is 14.6 Å². The lowest BCUT2D eigenvalue weighted by atomic mass is 10.0. The number of allylic oxidation sites excluding steroid dienone is 4. The summed E-state index contributed by atoms with van der Waals surface area (Å²) in [7, 11) is -3.11. The summed E-state index contributed by atoms with van der Waals surface area (Å²) >= 11 is 0. The summed E-state index contributed by atoms with van der Waals surface area (Å²) in [4.78, 5) is 4.90. The summed E-state index contributed by atoms with van der Waals surface area (Å²) < 4.78 is 16.5. The molecule has 0 aliphatic rings. The molecule has 0 aliphatic carbocycles. The molecule has 5 heteroatoms. The Kier molecular flexibility index (Phi) is 6.33. The Bertz CT molecular complexity index is 2390. The Labute approximate surface area is 261 Å². The lowest BCUT2D eigenvalue weighted by molar-refractivity contribution is 0.591. The zero-order valence-electron chi connectivity index (χ0n) is 24.5. The monoisotopic (exact) mass is 597 g/mol. The molecule has 2 aromatic heterocycles. The highest BCUT2D eigenvalue weighted by molar-refractivity contribution is 7.82. The van der Waals surface area contributed by atoms with Crippen molar-refractivity contribution in [3.8, 4) is 22.5 Å². The number of aromatic nitrogens is 3. The van der Waals surface area contributed by atoms with Crippen molar-refractivity contribution < 1.29 is 4.57 Å². The Hall–Kier alpha value is -5.57. The van der Waals surface area contributed by atoms with Gasteiger partial charge < -0.3 is 4.57 Å². The Morgan fingerprint density at radius 3 is 1.96 bits per heavy atom. The number of benzene rings is 5. The Morgan fingerprint density at radius 1 is 0.667 bits per heavy atom. The van der Waals surface area contributed by atoms with Gasteiger partial charge in [-0.25, -0.2) is 9.50 Å². The number of hydrogen-bond donors (Lipinski definition) is 0. The average Bonchev–Trinajstić information content (AvgIpc) is 3.66. The predicted molar refractivity (Wildman–Crippen MR) is 189 cm³/mol. The van der Waals surface area contributed by atoms with E-state index in [2.05, 4.69) is 86.1 Å². The first-order valence-corrected chi connectivity index (χ1v) is 16.5. The quantitative estimate of drug-likeness (QED) is 0.136. The first-order valence-electron chi connectivity index (χ1n) is 14.8. The van der Waals surface area contributed by atoms with Crippen molar-refractivity contribution in [2.24, 2.45) is 0 Å².